The van der Waals surface area contributed by atoms with Crippen molar-refractivity contribution in [3.63, 3.8) is 0 Å². The molecule has 2 aliphatic heterocycles. The van der Waals surface area contributed by atoms with Crippen molar-refractivity contribution in [2.75, 3.05) is 24.7 Å². The normalized spacial score (nSPS) is 30.3. The fraction of sp³-hybridized carbons (Fsp3) is 0.500. The number of rotatable bonds is 10. The molecule has 0 aromatic carbocycles. The number of ether oxygens (including phenoxy) is 2. The van der Waals surface area contributed by atoms with Crippen molar-refractivity contribution < 1.29 is 46.4 Å². The van der Waals surface area contributed by atoms with Gasteiger partial charge in [-0.2, -0.15) is 9.67 Å². The number of nitrogen functional groups attached to an aromatic ring is 2. The molecule has 0 aliphatic carbocycles. The Labute approximate surface area is 260 Å². The van der Waals surface area contributed by atoms with E-state index < -0.39 is 81.9 Å². The predicted molar refractivity (Wildman–Crippen MR) is 156 cm³/mol. The lowest BCUT2D eigenvalue weighted by atomic mass is 10.1. The van der Waals surface area contributed by atoms with Gasteiger partial charge in [0.25, 0.3) is 5.56 Å². The number of imidazole rings is 1. The zero-order valence-corrected chi connectivity index (χ0v) is 25.8. The smallest absolute Gasteiger partial charge is 0.397 e. The van der Waals surface area contributed by atoms with Crippen LogP contribution in [0.1, 0.15) is 12.5 Å². The number of hydrogen-bond donors (Lipinski definition) is 6. The minimum absolute atomic E-state index is 0.0822. The molecule has 2 aliphatic rings. The van der Waals surface area contributed by atoms with Crippen molar-refractivity contribution >= 4 is 72.0 Å². The maximum Gasteiger partial charge on any atom is 0.582 e. The number of aliphatic hydroxyl groups is 1. The molecule has 6 heterocycles. The van der Waals surface area contributed by atoms with Crippen LogP contribution in [0.15, 0.2) is 23.4 Å². The van der Waals surface area contributed by atoms with Gasteiger partial charge in [-0.3, -0.25) is 18.9 Å². The number of aromatic nitrogens is 8. The van der Waals surface area contributed by atoms with Crippen LogP contribution in [-0.2, 0) is 39.4 Å². The summed E-state index contributed by atoms with van der Waals surface area (Å²) in [4.78, 5) is 37.5. The Hall–Kier alpha value is -2.82. The van der Waals surface area contributed by atoms with Crippen molar-refractivity contribution in [2.24, 2.45) is 0 Å². The molecule has 4 aromatic heterocycles. The number of H-pyrrole nitrogens is 1. The SMILES string of the molecule is Nc1nc2c(ncn2[C@@H]2O[C@H](CO)[C@@H](F)[C@H]2OP(O)(=S)OC[C@H]2O[C@@H](n3nnc4c(N)ccnc43)[C@@H](F)[C@@H]2O[P+](=O)S)c(=O)[nH]1. The largest absolute Gasteiger partial charge is 0.582 e. The summed E-state index contributed by atoms with van der Waals surface area (Å²) >= 11 is 8.81. The van der Waals surface area contributed by atoms with E-state index in [2.05, 4.69) is 42.5 Å². The Morgan fingerprint density at radius 1 is 1.16 bits per heavy atom. The number of nitrogens with one attached hydrogen (secondary N) is 1. The number of aromatic amines is 1. The second-order valence-electron chi connectivity index (χ2n) is 9.73. The molecule has 10 atom stereocenters. The number of fused-ring (bicyclic) bond motifs is 2. The van der Waals surface area contributed by atoms with Gasteiger partial charge < -0.3 is 35.5 Å². The molecule has 4 aromatic rings. The van der Waals surface area contributed by atoms with Crippen LogP contribution in [0.4, 0.5) is 20.4 Å². The van der Waals surface area contributed by atoms with E-state index in [1.165, 1.54) is 12.3 Å². The zero-order valence-electron chi connectivity index (χ0n) is 22.3. The summed E-state index contributed by atoms with van der Waals surface area (Å²) in [5.74, 6) is -0.269. The van der Waals surface area contributed by atoms with E-state index in [0.29, 0.717) is 0 Å². The van der Waals surface area contributed by atoms with E-state index >= 15 is 8.78 Å². The van der Waals surface area contributed by atoms with Crippen LogP contribution >= 0.6 is 26.2 Å². The van der Waals surface area contributed by atoms with E-state index in [0.717, 1.165) is 15.6 Å². The van der Waals surface area contributed by atoms with Crippen LogP contribution < -0.4 is 17.0 Å². The number of hydrogen-bond acceptors (Lipinski definition) is 16. The van der Waals surface area contributed by atoms with Crippen molar-refractivity contribution in [3.05, 3.63) is 28.9 Å². The van der Waals surface area contributed by atoms with Crippen LogP contribution in [0.25, 0.3) is 22.3 Å². The molecular formula is C20H23F2N10O9P2S2+. The van der Waals surface area contributed by atoms with Crippen molar-refractivity contribution in [1.29, 1.82) is 0 Å². The van der Waals surface area contributed by atoms with Crippen molar-refractivity contribution in [2.45, 2.75) is 49.2 Å². The molecule has 19 nitrogen and oxygen atoms in total. The fourth-order valence-electron chi connectivity index (χ4n) is 4.95. The fourth-order valence-corrected chi connectivity index (χ4v) is 7.14. The van der Waals surface area contributed by atoms with Gasteiger partial charge in [-0.15, -0.1) is 9.62 Å². The quantitative estimate of drug-likeness (QED) is 0.0946. The third-order valence-electron chi connectivity index (χ3n) is 6.94. The molecule has 6 rings (SSSR count). The Bertz CT molecular complexity index is 1870. The standard InChI is InChI=1S/C20H22F2N10O9P2S2/c21-9-7(3-33)38-19(31-5-26-12-16(31)27-20(24)28-17(12)34)14(9)41-43(36,45)37-4-8-13(40-42(35)44)10(22)18(39-8)32-15-11(29-30-32)6(23)1-2-25-15/h1-2,5,7-10,13-14,18-19,33H,3-4H2,(H6-,23,24,25,27,28,30,34,35,36,44,45)/p+1/t7-,8-,9-,10+,13-,14-,18-,19-,43?/m1/s1. The lowest BCUT2D eigenvalue weighted by Crippen LogP contribution is -2.34. The highest BCUT2D eigenvalue weighted by atomic mass is 32.7. The predicted octanol–water partition coefficient (Wildman–Crippen LogP) is 0.178. The van der Waals surface area contributed by atoms with E-state index in [9.17, 15) is 19.4 Å². The Balaban J connectivity index is 1.22. The maximum atomic E-state index is 15.7. The monoisotopic (exact) mass is 711 g/mol. The average Bonchev–Trinajstić information content (AvgIpc) is 3.73. The first-order chi connectivity index (χ1) is 21.4. The highest BCUT2D eigenvalue weighted by Gasteiger charge is 2.53. The molecule has 0 amide bonds. The number of halogens is 2. The molecule has 2 fully saturated rings. The summed E-state index contributed by atoms with van der Waals surface area (Å²) in [6.07, 6.45) is -10.7. The summed E-state index contributed by atoms with van der Waals surface area (Å²) in [7, 11) is -2.65. The number of aliphatic hydroxyl groups excluding tert-OH is 1. The number of anilines is 2. The molecule has 25 heteroatoms. The summed E-state index contributed by atoms with van der Waals surface area (Å²) in [6.45, 7) is -5.91. The lowest BCUT2D eigenvalue weighted by molar-refractivity contribution is -0.0561. The van der Waals surface area contributed by atoms with Gasteiger partial charge in [-0.05, 0) is 22.4 Å². The summed E-state index contributed by atoms with van der Waals surface area (Å²) in [6, 6.07) is 1.47. The van der Waals surface area contributed by atoms with Gasteiger partial charge in [0, 0.05) is 6.20 Å². The molecule has 45 heavy (non-hydrogen) atoms. The number of nitrogens with zero attached hydrogens (tertiary/aromatic N) is 7. The van der Waals surface area contributed by atoms with Crippen LogP contribution in [0, 0.1) is 0 Å². The van der Waals surface area contributed by atoms with Gasteiger partial charge >= 0.3 is 13.9 Å². The molecule has 7 N–H and O–H groups in total. The zero-order chi connectivity index (χ0) is 32.2. The number of pyridine rings is 1. The van der Waals surface area contributed by atoms with E-state index in [1.54, 1.807) is 0 Å². The van der Waals surface area contributed by atoms with Gasteiger partial charge in [0.05, 0.1) is 25.2 Å². The highest BCUT2D eigenvalue weighted by molar-refractivity contribution is 8.39. The van der Waals surface area contributed by atoms with Gasteiger partial charge in [0.15, 0.2) is 53.2 Å². The highest BCUT2D eigenvalue weighted by Crippen LogP contribution is 2.51. The summed E-state index contributed by atoms with van der Waals surface area (Å²) in [5.41, 5.74) is 11.1. The Morgan fingerprint density at radius 3 is 2.64 bits per heavy atom. The minimum Gasteiger partial charge on any atom is -0.397 e. The third-order valence-corrected chi connectivity index (χ3v) is 9.21. The van der Waals surface area contributed by atoms with Gasteiger partial charge in [0.1, 0.15) is 30.6 Å². The van der Waals surface area contributed by atoms with Crippen LogP contribution in [0.2, 0.25) is 0 Å². The summed E-state index contributed by atoms with van der Waals surface area (Å²) in [5, 5.41) is 17.4. The molecule has 242 valence electrons. The molecule has 0 radical (unpaired) electrons. The van der Waals surface area contributed by atoms with E-state index in [1.807, 2.05) is 0 Å². The van der Waals surface area contributed by atoms with Gasteiger partial charge in [0.2, 0.25) is 5.95 Å². The van der Waals surface area contributed by atoms with E-state index in [4.69, 9.17) is 46.3 Å². The molecule has 0 bridgehead atoms. The van der Waals surface area contributed by atoms with Crippen LogP contribution in [0.5, 0.6) is 0 Å². The molecular weight excluding hydrogens is 688 g/mol. The average molecular weight is 712 g/mol. The number of alkyl halides is 2. The van der Waals surface area contributed by atoms with Crippen LogP contribution in [-0.4, -0.2) is 99.5 Å². The van der Waals surface area contributed by atoms with Crippen molar-refractivity contribution in [3.8, 4) is 0 Å². The first-order valence-electron chi connectivity index (χ1n) is 12.7. The molecule has 2 unspecified atom stereocenters. The van der Waals surface area contributed by atoms with Gasteiger partial charge in [-0.25, -0.2) is 18.7 Å². The first kappa shape index (κ1) is 32.1. The molecule has 0 saturated carbocycles. The second kappa shape index (κ2) is 12.4. The number of nitrogens with two attached hydrogens (primary N) is 2. The molecule has 0 spiro atoms. The molecule has 2 saturated heterocycles. The maximum absolute atomic E-state index is 15.7. The first-order valence-corrected chi connectivity index (χ1v) is 17.7. The second-order valence-corrected chi connectivity index (χ2v) is 14.2. The summed E-state index contributed by atoms with van der Waals surface area (Å²) < 4.78 is 72.4. The van der Waals surface area contributed by atoms with E-state index in [-0.39, 0.29) is 34.0 Å². The van der Waals surface area contributed by atoms with Crippen LogP contribution in [0.3, 0.4) is 0 Å². The third kappa shape index (κ3) is 6.05. The number of thiol groups is 1. The Morgan fingerprint density at radius 2 is 1.91 bits per heavy atom. The lowest BCUT2D eigenvalue weighted by Gasteiger charge is -2.26. The minimum atomic E-state index is -4.42. The van der Waals surface area contributed by atoms with Gasteiger partial charge in [-0.1, -0.05) is 5.21 Å². The van der Waals surface area contributed by atoms with Crippen molar-refractivity contribution in [1.82, 2.24) is 39.5 Å². The Kier molecular flexibility index (Phi) is 8.86. The topological polar surface area (TPSA) is 263 Å².